The minimum atomic E-state index is -3.05. The van der Waals surface area contributed by atoms with E-state index in [0.29, 0.717) is 12.5 Å². The molecule has 3 unspecified atom stereocenters. The van der Waals surface area contributed by atoms with Gasteiger partial charge in [0.1, 0.15) is 0 Å². The van der Waals surface area contributed by atoms with Crippen molar-refractivity contribution in [3.05, 3.63) is 0 Å². The highest BCUT2D eigenvalue weighted by Gasteiger charge is 2.37. The van der Waals surface area contributed by atoms with E-state index in [0.717, 1.165) is 32.2 Å². The Hall–Kier alpha value is -0.130. The van der Waals surface area contributed by atoms with Crippen molar-refractivity contribution in [3.8, 4) is 0 Å². The molecule has 1 saturated carbocycles. The summed E-state index contributed by atoms with van der Waals surface area (Å²) in [5.41, 5.74) is 0. The van der Waals surface area contributed by atoms with Crippen LogP contribution in [0.1, 0.15) is 39.5 Å². The van der Waals surface area contributed by atoms with Gasteiger partial charge in [-0.05, 0) is 31.7 Å². The lowest BCUT2D eigenvalue weighted by atomic mass is 9.84. The molecule has 1 aliphatic carbocycles. The molecule has 1 rings (SSSR count). The van der Waals surface area contributed by atoms with Crippen LogP contribution in [-0.2, 0) is 14.6 Å². The lowest BCUT2D eigenvalue weighted by Crippen LogP contribution is -2.49. The van der Waals surface area contributed by atoms with Crippen LogP contribution in [0.2, 0.25) is 0 Å². The van der Waals surface area contributed by atoms with Gasteiger partial charge in [0.2, 0.25) is 0 Å². The van der Waals surface area contributed by atoms with Gasteiger partial charge in [0.25, 0.3) is 0 Å². The van der Waals surface area contributed by atoms with Crippen molar-refractivity contribution < 1.29 is 13.2 Å². The third-order valence-corrected chi connectivity index (χ3v) is 6.16. The molecule has 0 spiro atoms. The van der Waals surface area contributed by atoms with Crippen LogP contribution in [0.5, 0.6) is 0 Å². The molecular weight excluding hydrogens is 250 g/mol. The zero-order valence-corrected chi connectivity index (χ0v) is 12.6. The van der Waals surface area contributed by atoms with Gasteiger partial charge in [-0.1, -0.05) is 20.3 Å². The molecule has 4 nitrogen and oxygen atoms in total. The smallest absolute Gasteiger partial charge is 0.156 e. The van der Waals surface area contributed by atoms with Crippen LogP contribution in [0.25, 0.3) is 0 Å². The van der Waals surface area contributed by atoms with Gasteiger partial charge in [0.05, 0.1) is 17.6 Å². The Morgan fingerprint density at radius 3 is 2.56 bits per heavy atom. The van der Waals surface area contributed by atoms with E-state index in [1.807, 2.05) is 6.92 Å². The zero-order valence-electron chi connectivity index (χ0n) is 11.8. The first-order chi connectivity index (χ1) is 8.55. The molecule has 1 aliphatic rings. The SMILES string of the molecule is CCNC1CCC(CC)CC1S(=O)(=O)CCOC. The van der Waals surface area contributed by atoms with Crippen LogP contribution in [0.3, 0.4) is 0 Å². The lowest BCUT2D eigenvalue weighted by molar-refractivity contribution is 0.216. The Bertz CT molecular complexity index is 329. The summed E-state index contributed by atoms with van der Waals surface area (Å²) in [7, 11) is -1.50. The molecule has 18 heavy (non-hydrogen) atoms. The molecule has 5 heteroatoms. The quantitative estimate of drug-likeness (QED) is 0.768. The molecular formula is C13H27NO3S. The Labute approximate surface area is 111 Å². The second-order valence-electron chi connectivity index (χ2n) is 5.15. The van der Waals surface area contributed by atoms with Gasteiger partial charge in [0.15, 0.2) is 9.84 Å². The van der Waals surface area contributed by atoms with E-state index in [-0.39, 0.29) is 17.0 Å². The third kappa shape index (κ3) is 4.21. The summed E-state index contributed by atoms with van der Waals surface area (Å²) in [5, 5.41) is 3.11. The summed E-state index contributed by atoms with van der Waals surface area (Å²) in [6, 6.07) is 0.125. The number of nitrogens with one attached hydrogen (secondary N) is 1. The fourth-order valence-electron chi connectivity index (χ4n) is 2.83. The van der Waals surface area contributed by atoms with Crippen molar-refractivity contribution in [2.45, 2.75) is 50.8 Å². The number of methoxy groups -OCH3 is 1. The summed E-state index contributed by atoms with van der Waals surface area (Å²) in [6.07, 6.45) is 4.00. The Balaban J connectivity index is 2.76. The second kappa shape index (κ2) is 7.46. The van der Waals surface area contributed by atoms with Gasteiger partial charge in [-0.15, -0.1) is 0 Å². The summed E-state index contributed by atoms with van der Waals surface area (Å²) >= 11 is 0. The molecule has 0 aromatic heterocycles. The van der Waals surface area contributed by atoms with Gasteiger partial charge in [0, 0.05) is 13.2 Å². The maximum absolute atomic E-state index is 12.4. The number of rotatable bonds is 7. The van der Waals surface area contributed by atoms with Crippen molar-refractivity contribution >= 4 is 9.84 Å². The first kappa shape index (κ1) is 15.9. The van der Waals surface area contributed by atoms with Crippen LogP contribution >= 0.6 is 0 Å². The largest absolute Gasteiger partial charge is 0.384 e. The molecule has 108 valence electrons. The minimum absolute atomic E-state index is 0.125. The van der Waals surface area contributed by atoms with Gasteiger partial charge in [-0.25, -0.2) is 8.42 Å². The molecule has 0 amide bonds. The maximum atomic E-state index is 12.4. The van der Waals surface area contributed by atoms with Gasteiger partial charge in [-0.2, -0.15) is 0 Å². The molecule has 0 aliphatic heterocycles. The van der Waals surface area contributed by atoms with Gasteiger partial charge >= 0.3 is 0 Å². The summed E-state index contributed by atoms with van der Waals surface area (Å²) in [6.45, 7) is 5.31. The Kier molecular flexibility index (Phi) is 6.60. The number of hydrogen-bond acceptors (Lipinski definition) is 4. The van der Waals surface area contributed by atoms with Gasteiger partial charge < -0.3 is 10.1 Å². The highest BCUT2D eigenvalue weighted by Crippen LogP contribution is 2.31. The van der Waals surface area contributed by atoms with E-state index in [1.165, 1.54) is 0 Å². The molecule has 0 heterocycles. The van der Waals surface area contributed by atoms with Crippen molar-refractivity contribution in [2.75, 3.05) is 26.0 Å². The first-order valence-corrected chi connectivity index (χ1v) is 8.70. The molecule has 0 aromatic carbocycles. The normalized spacial score (nSPS) is 29.4. The van der Waals surface area contributed by atoms with Crippen LogP contribution in [-0.4, -0.2) is 45.7 Å². The predicted octanol–water partition coefficient (Wildman–Crippen LogP) is 1.60. The number of sulfone groups is 1. The van der Waals surface area contributed by atoms with Gasteiger partial charge in [-0.3, -0.25) is 0 Å². The fraction of sp³-hybridized carbons (Fsp3) is 1.00. The monoisotopic (exact) mass is 277 g/mol. The standard InChI is InChI=1S/C13H27NO3S/c1-4-11-6-7-12(14-5-2)13(10-11)18(15,16)9-8-17-3/h11-14H,4-10H2,1-3H3. The van der Waals surface area contributed by atoms with Crippen LogP contribution < -0.4 is 5.32 Å². The average molecular weight is 277 g/mol. The topological polar surface area (TPSA) is 55.4 Å². The van der Waals surface area contributed by atoms with Crippen LogP contribution in [0.15, 0.2) is 0 Å². The minimum Gasteiger partial charge on any atom is -0.384 e. The first-order valence-electron chi connectivity index (χ1n) is 6.99. The van der Waals surface area contributed by atoms with Crippen LogP contribution in [0, 0.1) is 5.92 Å². The second-order valence-corrected chi connectivity index (χ2v) is 7.49. The third-order valence-electron chi connectivity index (χ3n) is 3.98. The molecule has 1 N–H and O–H groups in total. The molecule has 0 radical (unpaired) electrons. The Morgan fingerprint density at radius 2 is 2.00 bits per heavy atom. The van der Waals surface area contributed by atoms with E-state index in [1.54, 1.807) is 7.11 Å². The maximum Gasteiger partial charge on any atom is 0.156 e. The average Bonchev–Trinajstić information content (AvgIpc) is 2.37. The Morgan fingerprint density at radius 1 is 1.28 bits per heavy atom. The highest BCUT2D eigenvalue weighted by atomic mass is 32.2. The molecule has 0 bridgehead atoms. The summed E-state index contributed by atoms with van der Waals surface area (Å²) in [5.74, 6) is 0.703. The van der Waals surface area contributed by atoms with E-state index in [9.17, 15) is 8.42 Å². The van der Waals surface area contributed by atoms with Crippen molar-refractivity contribution in [1.29, 1.82) is 0 Å². The summed E-state index contributed by atoms with van der Waals surface area (Å²) < 4.78 is 29.7. The predicted molar refractivity (Wildman–Crippen MR) is 74.5 cm³/mol. The lowest BCUT2D eigenvalue weighted by Gasteiger charge is -2.36. The molecule has 0 saturated heterocycles. The molecule has 3 atom stereocenters. The highest BCUT2D eigenvalue weighted by molar-refractivity contribution is 7.92. The van der Waals surface area contributed by atoms with E-state index >= 15 is 0 Å². The van der Waals surface area contributed by atoms with E-state index in [4.69, 9.17) is 4.74 Å². The number of hydrogen-bond donors (Lipinski definition) is 1. The van der Waals surface area contributed by atoms with Crippen molar-refractivity contribution in [1.82, 2.24) is 5.32 Å². The number of ether oxygens (including phenoxy) is 1. The van der Waals surface area contributed by atoms with E-state index < -0.39 is 9.84 Å². The molecule has 0 aromatic rings. The van der Waals surface area contributed by atoms with E-state index in [2.05, 4.69) is 12.2 Å². The van der Waals surface area contributed by atoms with Crippen molar-refractivity contribution in [2.24, 2.45) is 5.92 Å². The van der Waals surface area contributed by atoms with Crippen LogP contribution in [0.4, 0.5) is 0 Å². The summed E-state index contributed by atoms with van der Waals surface area (Å²) in [4.78, 5) is 0. The molecule has 1 fully saturated rings. The van der Waals surface area contributed by atoms with Crippen molar-refractivity contribution in [3.63, 3.8) is 0 Å². The zero-order chi connectivity index (χ0) is 13.6. The fourth-order valence-corrected chi connectivity index (χ4v) is 4.83.